The van der Waals surface area contributed by atoms with Gasteiger partial charge in [0.15, 0.2) is 0 Å². The molecule has 2 rings (SSSR count). The molecule has 4 nitrogen and oxygen atoms in total. The topological polar surface area (TPSA) is 68.0 Å². The number of hydrogen-bond acceptors (Lipinski definition) is 3. The van der Waals surface area contributed by atoms with Gasteiger partial charge in [-0.15, -0.1) is 0 Å². The maximum Gasteiger partial charge on any atom is 0.146 e. The summed E-state index contributed by atoms with van der Waals surface area (Å²) in [7, 11) is -1.29. The zero-order chi connectivity index (χ0) is 16.3. The molecule has 0 saturated carbocycles. The van der Waals surface area contributed by atoms with E-state index in [1.807, 2.05) is 32.9 Å². The molecule has 0 aliphatic heterocycles. The molecule has 0 saturated heterocycles. The molecule has 0 fully saturated rings. The highest BCUT2D eigenvalue weighted by Crippen LogP contribution is 2.26. The van der Waals surface area contributed by atoms with E-state index in [1.165, 1.54) is 6.07 Å². The van der Waals surface area contributed by atoms with Gasteiger partial charge < -0.3 is 5.73 Å². The van der Waals surface area contributed by atoms with Crippen LogP contribution in [0.2, 0.25) is 0 Å². The molecule has 0 bridgehead atoms. The second kappa shape index (κ2) is 6.54. The Hall–Kier alpha value is -1.79. The van der Waals surface area contributed by atoms with E-state index >= 15 is 0 Å². The summed E-state index contributed by atoms with van der Waals surface area (Å²) >= 11 is 0. The minimum atomic E-state index is -1.29. The van der Waals surface area contributed by atoms with E-state index < -0.39 is 21.5 Å². The Morgan fingerprint density at radius 1 is 1.18 bits per heavy atom. The van der Waals surface area contributed by atoms with Gasteiger partial charge in [-0.25, -0.2) is 13.3 Å². The van der Waals surface area contributed by atoms with Gasteiger partial charge in [0.25, 0.3) is 0 Å². The van der Waals surface area contributed by atoms with Gasteiger partial charge in [0, 0.05) is 12.4 Å². The number of nitrogens with two attached hydrogens (primary N) is 1. The largest absolute Gasteiger partial charge is 0.396 e. The third-order valence-corrected chi connectivity index (χ3v) is 4.74. The van der Waals surface area contributed by atoms with Crippen molar-refractivity contribution in [2.75, 3.05) is 5.73 Å². The summed E-state index contributed by atoms with van der Waals surface area (Å²) in [6, 6.07) is 7.83. The van der Waals surface area contributed by atoms with Gasteiger partial charge >= 0.3 is 0 Å². The fourth-order valence-corrected chi connectivity index (χ4v) is 2.75. The molecule has 6 heteroatoms. The smallest absolute Gasteiger partial charge is 0.146 e. The van der Waals surface area contributed by atoms with E-state index in [0.717, 1.165) is 11.1 Å². The summed E-state index contributed by atoms with van der Waals surface area (Å²) in [5.41, 5.74) is 7.37. The Balaban J connectivity index is 2.42. The molecular formula is C16H20FN3OS. The van der Waals surface area contributed by atoms with Crippen LogP contribution >= 0.6 is 0 Å². The molecule has 118 valence electrons. The molecule has 3 N–H and O–H groups in total. The van der Waals surface area contributed by atoms with Gasteiger partial charge in [-0.1, -0.05) is 6.07 Å². The van der Waals surface area contributed by atoms with Crippen molar-refractivity contribution < 1.29 is 8.60 Å². The summed E-state index contributed by atoms with van der Waals surface area (Å²) in [5, 5.41) is 0. The number of benzene rings is 1. The zero-order valence-electron chi connectivity index (χ0n) is 12.8. The monoisotopic (exact) mass is 321 g/mol. The van der Waals surface area contributed by atoms with Gasteiger partial charge in [0.1, 0.15) is 5.82 Å². The van der Waals surface area contributed by atoms with Crippen LogP contribution in [-0.4, -0.2) is 13.9 Å². The van der Waals surface area contributed by atoms with Crippen LogP contribution in [0.4, 0.5) is 10.1 Å². The molecule has 2 aromatic rings. The Bertz CT molecular complexity index is 671. The minimum Gasteiger partial charge on any atom is -0.396 e. The third kappa shape index (κ3) is 3.90. The number of aromatic nitrogens is 1. The molecule has 2 atom stereocenters. The SMILES string of the molecule is CC(C)(C)[S@@](=O)N[C@H](c1ccncc1)c1ccc(F)c(N)c1. The van der Waals surface area contributed by atoms with Crippen molar-refractivity contribution in [1.82, 2.24) is 9.71 Å². The Kier molecular flexibility index (Phi) is 4.93. The van der Waals surface area contributed by atoms with Crippen molar-refractivity contribution in [3.05, 3.63) is 59.7 Å². The Morgan fingerprint density at radius 3 is 2.36 bits per heavy atom. The van der Waals surface area contributed by atoms with Crippen LogP contribution in [-0.2, 0) is 11.0 Å². The van der Waals surface area contributed by atoms with Gasteiger partial charge in [-0.2, -0.15) is 0 Å². The number of nitrogens with one attached hydrogen (secondary N) is 1. The highest BCUT2D eigenvalue weighted by molar-refractivity contribution is 7.84. The molecule has 0 unspecified atom stereocenters. The summed E-state index contributed by atoms with van der Waals surface area (Å²) in [5.74, 6) is -0.464. The van der Waals surface area contributed by atoms with E-state index in [4.69, 9.17) is 5.73 Å². The third-order valence-electron chi connectivity index (χ3n) is 3.17. The number of rotatable bonds is 4. The van der Waals surface area contributed by atoms with Crippen molar-refractivity contribution in [2.24, 2.45) is 0 Å². The van der Waals surface area contributed by atoms with Gasteiger partial charge in [-0.3, -0.25) is 4.98 Å². The van der Waals surface area contributed by atoms with Crippen LogP contribution in [0.3, 0.4) is 0 Å². The normalized spacial score (nSPS) is 14.5. The number of nitrogens with zero attached hydrogens (tertiary/aromatic N) is 1. The molecule has 0 aliphatic carbocycles. The lowest BCUT2D eigenvalue weighted by molar-refractivity contribution is 0.620. The maximum atomic E-state index is 13.4. The predicted molar refractivity (Wildman–Crippen MR) is 87.9 cm³/mol. The number of hydrogen-bond donors (Lipinski definition) is 2. The number of nitrogen functional groups attached to an aromatic ring is 1. The van der Waals surface area contributed by atoms with Gasteiger partial charge in [0.05, 0.1) is 27.5 Å². The fraction of sp³-hybridized carbons (Fsp3) is 0.312. The molecule has 1 aromatic heterocycles. The predicted octanol–water partition coefficient (Wildman–Crippen LogP) is 2.94. The lowest BCUT2D eigenvalue weighted by Crippen LogP contribution is -2.36. The summed E-state index contributed by atoms with van der Waals surface area (Å²) in [4.78, 5) is 3.99. The highest BCUT2D eigenvalue weighted by Gasteiger charge is 2.25. The first-order valence-corrected chi connectivity index (χ1v) is 8.07. The highest BCUT2D eigenvalue weighted by atomic mass is 32.2. The molecule has 0 spiro atoms. The summed E-state index contributed by atoms with van der Waals surface area (Å²) < 4.78 is 28.5. The summed E-state index contributed by atoms with van der Waals surface area (Å²) in [6.45, 7) is 5.66. The number of anilines is 1. The molecule has 0 radical (unpaired) electrons. The quantitative estimate of drug-likeness (QED) is 0.851. The van der Waals surface area contributed by atoms with E-state index in [-0.39, 0.29) is 11.7 Å². The molecule has 0 amide bonds. The van der Waals surface area contributed by atoms with Crippen molar-refractivity contribution in [1.29, 1.82) is 0 Å². The first kappa shape index (κ1) is 16.6. The first-order valence-electron chi connectivity index (χ1n) is 6.92. The average molecular weight is 321 g/mol. The standard InChI is InChI=1S/C16H20FN3OS/c1-16(2,3)22(21)20-15(11-6-8-19-9-7-11)12-4-5-13(17)14(18)10-12/h4-10,15,20H,18H2,1-3H3/t15-,22-/m1/s1. The van der Waals surface area contributed by atoms with Crippen molar-refractivity contribution >= 4 is 16.7 Å². The van der Waals surface area contributed by atoms with E-state index in [0.29, 0.717) is 0 Å². The molecule has 1 aromatic carbocycles. The fourth-order valence-electron chi connectivity index (χ4n) is 1.91. The van der Waals surface area contributed by atoms with E-state index in [2.05, 4.69) is 9.71 Å². The molecular weight excluding hydrogens is 301 g/mol. The molecule has 22 heavy (non-hydrogen) atoms. The van der Waals surface area contributed by atoms with Crippen LogP contribution in [0.15, 0.2) is 42.7 Å². The van der Waals surface area contributed by atoms with Gasteiger partial charge in [-0.05, 0) is 56.2 Å². The Labute approximate surface area is 132 Å². The van der Waals surface area contributed by atoms with Crippen LogP contribution in [0.25, 0.3) is 0 Å². The average Bonchev–Trinajstić information content (AvgIpc) is 2.47. The van der Waals surface area contributed by atoms with Crippen molar-refractivity contribution in [2.45, 2.75) is 31.6 Å². The molecule has 0 aliphatic rings. The lowest BCUT2D eigenvalue weighted by Gasteiger charge is -2.25. The minimum absolute atomic E-state index is 0.0693. The van der Waals surface area contributed by atoms with Crippen molar-refractivity contribution in [3.8, 4) is 0 Å². The van der Waals surface area contributed by atoms with Crippen LogP contribution in [0.1, 0.15) is 37.9 Å². The zero-order valence-corrected chi connectivity index (χ0v) is 13.7. The molecule has 1 heterocycles. The van der Waals surface area contributed by atoms with Crippen LogP contribution in [0, 0.1) is 5.82 Å². The van der Waals surface area contributed by atoms with Crippen LogP contribution < -0.4 is 10.5 Å². The Morgan fingerprint density at radius 2 is 1.82 bits per heavy atom. The lowest BCUT2D eigenvalue weighted by atomic mass is 10.00. The summed E-state index contributed by atoms with van der Waals surface area (Å²) in [6.07, 6.45) is 3.33. The second-order valence-corrected chi connectivity index (χ2v) is 7.99. The van der Waals surface area contributed by atoms with Gasteiger partial charge in [0.2, 0.25) is 0 Å². The van der Waals surface area contributed by atoms with Crippen LogP contribution in [0.5, 0.6) is 0 Å². The maximum absolute atomic E-state index is 13.4. The van der Waals surface area contributed by atoms with E-state index in [1.54, 1.807) is 24.5 Å². The van der Waals surface area contributed by atoms with Crippen molar-refractivity contribution in [3.63, 3.8) is 0 Å². The van der Waals surface area contributed by atoms with E-state index in [9.17, 15) is 8.60 Å². The number of pyridine rings is 1. The number of halogens is 1. The first-order chi connectivity index (χ1) is 10.3. The second-order valence-electron chi connectivity index (χ2n) is 5.99.